The highest BCUT2D eigenvalue weighted by Gasteiger charge is 2.25. The van der Waals surface area contributed by atoms with Gasteiger partial charge in [-0.15, -0.1) is 0 Å². The number of esters is 1. The topological polar surface area (TPSA) is 51.7 Å². The number of carbonyl (C=O) groups excluding carboxylic acids is 1. The lowest BCUT2D eigenvalue weighted by molar-refractivity contribution is 0.0600. The number of carbonyl (C=O) groups is 1. The van der Waals surface area contributed by atoms with Crippen LogP contribution in [-0.4, -0.2) is 43.2 Å². The molecule has 0 aliphatic carbocycles. The van der Waals surface area contributed by atoms with Crippen LogP contribution in [0.15, 0.2) is 30.5 Å². The van der Waals surface area contributed by atoms with Crippen molar-refractivity contribution >= 4 is 5.97 Å². The molecule has 1 aliphatic rings. The van der Waals surface area contributed by atoms with Gasteiger partial charge in [-0.1, -0.05) is 6.07 Å². The summed E-state index contributed by atoms with van der Waals surface area (Å²) in [6.45, 7) is 7.19. The number of nitrogens with zero attached hydrogens (tertiary/aromatic N) is 2. The summed E-state index contributed by atoms with van der Waals surface area (Å²) in [5.41, 5.74) is 5.25. The van der Waals surface area contributed by atoms with Gasteiger partial charge >= 0.3 is 5.97 Å². The van der Waals surface area contributed by atoms with Gasteiger partial charge in [0.2, 0.25) is 0 Å². The van der Waals surface area contributed by atoms with E-state index < -0.39 is 0 Å². The van der Waals surface area contributed by atoms with Crippen molar-refractivity contribution in [3.8, 4) is 5.75 Å². The normalized spacial score (nSPS) is 17.1. The minimum absolute atomic E-state index is 0.312. The van der Waals surface area contributed by atoms with Gasteiger partial charge in [-0.05, 0) is 74.0 Å². The molecule has 1 atom stereocenters. The molecule has 1 unspecified atom stereocenters. The van der Waals surface area contributed by atoms with Crippen LogP contribution in [0, 0.1) is 19.8 Å². The molecule has 0 amide bonds. The van der Waals surface area contributed by atoms with Crippen LogP contribution in [0.1, 0.15) is 39.2 Å². The quantitative estimate of drug-likeness (QED) is 0.730. The van der Waals surface area contributed by atoms with Gasteiger partial charge in [-0.3, -0.25) is 9.88 Å². The summed E-state index contributed by atoms with van der Waals surface area (Å²) < 4.78 is 10.3. The van der Waals surface area contributed by atoms with E-state index >= 15 is 0 Å². The van der Waals surface area contributed by atoms with Gasteiger partial charge in [0.1, 0.15) is 5.75 Å². The molecule has 0 N–H and O–H groups in total. The van der Waals surface area contributed by atoms with Crippen molar-refractivity contribution in [2.24, 2.45) is 5.92 Å². The molecule has 3 rings (SSSR count). The highest BCUT2D eigenvalue weighted by Crippen LogP contribution is 2.28. The van der Waals surface area contributed by atoms with E-state index in [2.05, 4.69) is 29.8 Å². The number of ether oxygens (including phenoxy) is 2. The second-order valence-electron chi connectivity index (χ2n) is 7.39. The predicted octanol–water partition coefficient (Wildman–Crippen LogP) is 3.56. The number of pyridine rings is 1. The number of hydrogen-bond donors (Lipinski definition) is 0. The average molecular weight is 368 g/mol. The van der Waals surface area contributed by atoms with Crippen LogP contribution in [0.2, 0.25) is 0 Å². The molecule has 0 radical (unpaired) electrons. The zero-order valence-electron chi connectivity index (χ0n) is 16.6. The Kier molecular flexibility index (Phi) is 6.11. The predicted molar refractivity (Wildman–Crippen MR) is 105 cm³/mol. The van der Waals surface area contributed by atoms with Crippen LogP contribution in [0.25, 0.3) is 0 Å². The fourth-order valence-corrected chi connectivity index (χ4v) is 3.84. The molecule has 0 saturated carbocycles. The lowest BCUT2D eigenvalue weighted by Crippen LogP contribution is -2.22. The zero-order chi connectivity index (χ0) is 19.4. The van der Waals surface area contributed by atoms with Gasteiger partial charge < -0.3 is 9.47 Å². The van der Waals surface area contributed by atoms with E-state index in [0.29, 0.717) is 11.5 Å². The van der Waals surface area contributed by atoms with E-state index in [1.54, 1.807) is 13.2 Å². The second kappa shape index (κ2) is 8.53. The van der Waals surface area contributed by atoms with Crippen LogP contribution < -0.4 is 4.74 Å². The monoisotopic (exact) mass is 368 g/mol. The Labute approximate surface area is 161 Å². The number of methoxy groups -OCH3 is 2. The number of aromatic nitrogens is 1. The lowest BCUT2D eigenvalue weighted by atomic mass is 9.96. The van der Waals surface area contributed by atoms with Gasteiger partial charge in [0, 0.05) is 19.3 Å². The molecule has 1 aromatic carbocycles. The number of hydrogen-bond acceptors (Lipinski definition) is 5. The van der Waals surface area contributed by atoms with Crippen molar-refractivity contribution in [3.63, 3.8) is 0 Å². The highest BCUT2D eigenvalue weighted by atomic mass is 16.5. The first-order valence-electron chi connectivity index (χ1n) is 9.40. The maximum Gasteiger partial charge on any atom is 0.337 e. The Balaban J connectivity index is 1.66. The van der Waals surface area contributed by atoms with Crippen molar-refractivity contribution < 1.29 is 14.3 Å². The Morgan fingerprint density at radius 1 is 1.26 bits per heavy atom. The second-order valence-corrected chi connectivity index (χ2v) is 7.39. The Bertz CT molecular complexity index is 819. The van der Waals surface area contributed by atoms with Crippen LogP contribution >= 0.6 is 0 Å². The summed E-state index contributed by atoms with van der Waals surface area (Å²) >= 11 is 0. The zero-order valence-corrected chi connectivity index (χ0v) is 16.6. The summed E-state index contributed by atoms with van der Waals surface area (Å²) in [5.74, 6) is 1.06. The third kappa shape index (κ3) is 4.66. The molecule has 1 aliphatic heterocycles. The molecular formula is C22H28N2O3. The number of likely N-dealkylation sites (tertiary alicyclic amines) is 1. The molecule has 144 valence electrons. The van der Waals surface area contributed by atoms with Crippen LogP contribution in [0.5, 0.6) is 5.75 Å². The molecular weight excluding hydrogens is 340 g/mol. The van der Waals surface area contributed by atoms with Gasteiger partial charge in [-0.2, -0.15) is 0 Å². The first kappa shape index (κ1) is 19.4. The largest absolute Gasteiger partial charge is 0.496 e. The molecule has 5 nitrogen and oxygen atoms in total. The summed E-state index contributed by atoms with van der Waals surface area (Å²) in [7, 11) is 3.08. The minimum atomic E-state index is -0.312. The average Bonchev–Trinajstić information content (AvgIpc) is 3.10. The third-order valence-corrected chi connectivity index (χ3v) is 5.28. The fraction of sp³-hybridized carbons (Fsp3) is 0.455. The van der Waals surface area contributed by atoms with Crippen molar-refractivity contribution in [2.45, 2.75) is 33.2 Å². The number of rotatable bonds is 6. The lowest BCUT2D eigenvalue weighted by Gasteiger charge is -2.18. The van der Waals surface area contributed by atoms with Crippen molar-refractivity contribution in [2.75, 3.05) is 27.3 Å². The molecule has 0 bridgehead atoms. The Hall–Kier alpha value is -2.40. The minimum Gasteiger partial charge on any atom is -0.496 e. The smallest absolute Gasteiger partial charge is 0.337 e. The number of benzene rings is 1. The van der Waals surface area contributed by atoms with Gasteiger partial charge in [-0.25, -0.2) is 4.79 Å². The van der Waals surface area contributed by atoms with Crippen molar-refractivity contribution in [1.82, 2.24) is 9.88 Å². The molecule has 27 heavy (non-hydrogen) atoms. The Morgan fingerprint density at radius 3 is 2.78 bits per heavy atom. The summed E-state index contributed by atoms with van der Waals surface area (Å²) in [4.78, 5) is 18.9. The maximum atomic E-state index is 11.8. The van der Waals surface area contributed by atoms with Gasteiger partial charge in [0.25, 0.3) is 0 Å². The van der Waals surface area contributed by atoms with Gasteiger partial charge in [0.15, 0.2) is 0 Å². The first-order valence-corrected chi connectivity index (χ1v) is 9.40. The van der Waals surface area contributed by atoms with Crippen LogP contribution in [0.3, 0.4) is 0 Å². The fourth-order valence-electron chi connectivity index (χ4n) is 3.84. The van der Waals surface area contributed by atoms with E-state index in [9.17, 15) is 4.79 Å². The third-order valence-electron chi connectivity index (χ3n) is 5.28. The molecule has 0 spiro atoms. The molecule has 1 saturated heterocycles. The molecule has 5 heteroatoms. The summed E-state index contributed by atoms with van der Waals surface area (Å²) in [5, 5.41) is 0. The van der Waals surface area contributed by atoms with Crippen LogP contribution in [0.4, 0.5) is 0 Å². The molecule has 1 aromatic heterocycles. The SMILES string of the molecule is COC(=O)c1ccc(OC)c(CC2CCN(Cc3ncc(C)cc3C)C2)c1. The van der Waals surface area contributed by atoms with Gasteiger partial charge in [0.05, 0.1) is 25.5 Å². The van der Waals surface area contributed by atoms with Crippen molar-refractivity contribution in [1.29, 1.82) is 0 Å². The maximum absolute atomic E-state index is 11.8. The number of aryl methyl sites for hydroxylation is 2. The standard InChI is InChI=1S/C22H28N2O3/c1-15-9-16(2)20(23-12-15)14-24-8-7-17(13-24)10-19-11-18(22(25)27-4)5-6-21(19)26-3/h5-6,9,11-12,17H,7-8,10,13-14H2,1-4H3. The molecule has 2 aromatic rings. The van der Waals surface area contributed by atoms with E-state index in [1.165, 1.54) is 18.2 Å². The first-order chi connectivity index (χ1) is 13.0. The highest BCUT2D eigenvalue weighted by molar-refractivity contribution is 5.89. The molecule has 1 fully saturated rings. The van der Waals surface area contributed by atoms with E-state index in [-0.39, 0.29) is 5.97 Å². The Morgan fingerprint density at radius 2 is 2.07 bits per heavy atom. The van der Waals surface area contributed by atoms with E-state index in [0.717, 1.165) is 49.5 Å². The van der Waals surface area contributed by atoms with E-state index in [1.807, 2.05) is 18.3 Å². The molecule has 2 heterocycles. The summed E-state index contributed by atoms with van der Waals surface area (Å²) in [6.07, 6.45) is 3.97. The van der Waals surface area contributed by atoms with Crippen molar-refractivity contribution in [3.05, 3.63) is 58.4 Å². The van der Waals surface area contributed by atoms with Crippen LogP contribution in [-0.2, 0) is 17.7 Å². The summed E-state index contributed by atoms with van der Waals surface area (Å²) in [6, 6.07) is 7.70. The van der Waals surface area contributed by atoms with E-state index in [4.69, 9.17) is 9.47 Å².